The molecule has 28 heavy (non-hydrogen) atoms. The molecule has 1 saturated carbocycles. The molecule has 0 atom stereocenters. The van der Waals surface area contributed by atoms with E-state index >= 15 is 0 Å². The highest BCUT2D eigenvalue weighted by Crippen LogP contribution is 2.28. The molecular weight excluding hydrogens is 467 g/mol. The Morgan fingerprint density at radius 1 is 1.29 bits per heavy atom. The van der Waals surface area contributed by atoms with Gasteiger partial charge in [-0.1, -0.05) is 26.0 Å². The Morgan fingerprint density at radius 3 is 2.54 bits per heavy atom. The molecule has 2 N–H and O–H groups in total. The summed E-state index contributed by atoms with van der Waals surface area (Å²) in [4.78, 5) is 18.6. The van der Waals surface area contributed by atoms with E-state index < -0.39 is 0 Å². The monoisotopic (exact) mass is 502 g/mol. The molecule has 0 spiro atoms. The van der Waals surface area contributed by atoms with Crippen molar-refractivity contribution in [3.63, 3.8) is 0 Å². The second kappa shape index (κ2) is 13.0. The number of guanidine groups is 1. The van der Waals surface area contributed by atoms with Crippen molar-refractivity contribution in [2.24, 2.45) is 16.8 Å². The molecule has 1 amide bonds. The van der Waals surface area contributed by atoms with Crippen molar-refractivity contribution >= 4 is 41.5 Å². The zero-order valence-corrected chi connectivity index (χ0v) is 19.9. The van der Waals surface area contributed by atoms with E-state index in [1.54, 1.807) is 0 Å². The maximum atomic E-state index is 11.8. The van der Waals surface area contributed by atoms with Gasteiger partial charge in [0.05, 0.1) is 13.2 Å². The summed E-state index contributed by atoms with van der Waals surface area (Å²) in [7, 11) is 2.03. The number of carbonyl (C=O) groups is 1. The summed E-state index contributed by atoms with van der Waals surface area (Å²) < 4.78 is 5.72. The first-order valence-electron chi connectivity index (χ1n) is 9.96. The zero-order chi connectivity index (χ0) is 19.6. The number of carbonyl (C=O) groups excluding carboxylic acids is 1. The van der Waals surface area contributed by atoms with E-state index in [4.69, 9.17) is 9.73 Å². The molecular formula is C21H35IN4O2. The molecule has 0 unspecified atom stereocenters. The highest BCUT2D eigenvalue weighted by Gasteiger charge is 2.21. The molecule has 2 rings (SSSR count). The Bertz CT molecular complexity index is 615. The lowest BCUT2D eigenvalue weighted by Crippen LogP contribution is -2.40. The number of nitrogens with one attached hydrogen (secondary N) is 2. The molecule has 0 radical (unpaired) electrons. The summed E-state index contributed by atoms with van der Waals surface area (Å²) in [5, 5.41) is 6.23. The highest BCUT2D eigenvalue weighted by atomic mass is 127. The van der Waals surface area contributed by atoms with Gasteiger partial charge in [-0.05, 0) is 43.4 Å². The predicted molar refractivity (Wildman–Crippen MR) is 126 cm³/mol. The summed E-state index contributed by atoms with van der Waals surface area (Å²) in [6, 6.07) is 7.85. The summed E-state index contributed by atoms with van der Waals surface area (Å²) in [5.74, 6) is 1.68. The zero-order valence-electron chi connectivity index (χ0n) is 17.5. The van der Waals surface area contributed by atoms with Gasteiger partial charge >= 0.3 is 0 Å². The Labute approximate surface area is 186 Å². The van der Waals surface area contributed by atoms with Crippen LogP contribution in [0.15, 0.2) is 29.3 Å². The SMILES string of the molecule is CCNC(=NCc1ccc(NC(=O)C(C)C)cc1)N(C)CCOCC1CC1.I. The van der Waals surface area contributed by atoms with E-state index in [2.05, 4.69) is 22.5 Å². The Morgan fingerprint density at radius 2 is 1.96 bits per heavy atom. The maximum Gasteiger partial charge on any atom is 0.226 e. The molecule has 158 valence electrons. The third kappa shape index (κ3) is 9.23. The second-order valence-electron chi connectivity index (χ2n) is 7.45. The van der Waals surface area contributed by atoms with Crippen molar-refractivity contribution in [3.05, 3.63) is 29.8 Å². The van der Waals surface area contributed by atoms with E-state index in [-0.39, 0.29) is 35.8 Å². The average molecular weight is 502 g/mol. The Kier molecular flexibility index (Phi) is 11.4. The van der Waals surface area contributed by atoms with Gasteiger partial charge in [-0.3, -0.25) is 4.79 Å². The molecule has 1 aromatic rings. The molecule has 0 aliphatic heterocycles. The number of hydrogen-bond acceptors (Lipinski definition) is 3. The van der Waals surface area contributed by atoms with Crippen LogP contribution in [0, 0.1) is 11.8 Å². The van der Waals surface area contributed by atoms with Crippen molar-refractivity contribution in [1.29, 1.82) is 0 Å². The Balaban J connectivity index is 0.00000392. The minimum absolute atomic E-state index is 0. The summed E-state index contributed by atoms with van der Waals surface area (Å²) >= 11 is 0. The summed E-state index contributed by atoms with van der Waals surface area (Å²) in [6.07, 6.45) is 2.64. The molecule has 6 nitrogen and oxygen atoms in total. The first kappa shape index (κ1) is 24.7. The highest BCUT2D eigenvalue weighted by molar-refractivity contribution is 14.0. The third-order valence-corrected chi connectivity index (χ3v) is 4.48. The van der Waals surface area contributed by atoms with E-state index in [0.29, 0.717) is 6.54 Å². The van der Waals surface area contributed by atoms with Crippen molar-refractivity contribution < 1.29 is 9.53 Å². The van der Waals surface area contributed by atoms with Crippen molar-refractivity contribution in [2.75, 3.05) is 38.7 Å². The Hall–Kier alpha value is -1.35. The van der Waals surface area contributed by atoms with Crippen molar-refractivity contribution in [3.8, 4) is 0 Å². The second-order valence-corrected chi connectivity index (χ2v) is 7.45. The molecule has 1 aliphatic rings. The molecule has 1 fully saturated rings. The molecule has 1 aliphatic carbocycles. The van der Waals surface area contributed by atoms with Gasteiger partial charge in [0.25, 0.3) is 0 Å². The first-order chi connectivity index (χ1) is 13.0. The summed E-state index contributed by atoms with van der Waals surface area (Å²) in [6.45, 7) is 9.68. The van der Waals surface area contributed by atoms with Crippen LogP contribution in [0.2, 0.25) is 0 Å². The van der Waals surface area contributed by atoms with Gasteiger partial charge < -0.3 is 20.3 Å². The molecule has 0 heterocycles. The third-order valence-electron chi connectivity index (χ3n) is 4.48. The van der Waals surface area contributed by atoms with Crippen LogP contribution in [0.4, 0.5) is 5.69 Å². The van der Waals surface area contributed by atoms with Crippen LogP contribution in [0.25, 0.3) is 0 Å². The standard InChI is InChI=1S/C21H34N4O2.HI/c1-5-22-21(25(4)12-13-27-15-18-6-7-18)23-14-17-8-10-19(11-9-17)24-20(26)16(2)3;/h8-11,16,18H,5-7,12-15H2,1-4H3,(H,22,23)(H,24,26);1H. The molecule has 0 bridgehead atoms. The lowest BCUT2D eigenvalue weighted by molar-refractivity contribution is -0.118. The largest absolute Gasteiger partial charge is 0.379 e. The van der Waals surface area contributed by atoms with Crippen LogP contribution in [-0.2, 0) is 16.1 Å². The van der Waals surface area contributed by atoms with Gasteiger partial charge in [0.15, 0.2) is 5.96 Å². The van der Waals surface area contributed by atoms with E-state index in [1.165, 1.54) is 12.8 Å². The minimum Gasteiger partial charge on any atom is -0.379 e. The molecule has 1 aromatic carbocycles. The van der Waals surface area contributed by atoms with E-state index in [9.17, 15) is 4.79 Å². The predicted octanol–water partition coefficient (Wildman–Crippen LogP) is 3.72. The minimum atomic E-state index is -0.0271. The fourth-order valence-corrected chi connectivity index (χ4v) is 2.46. The fourth-order valence-electron chi connectivity index (χ4n) is 2.46. The van der Waals surface area contributed by atoms with Crippen LogP contribution in [0.3, 0.4) is 0 Å². The van der Waals surface area contributed by atoms with Gasteiger partial charge in [-0.15, -0.1) is 24.0 Å². The number of hydrogen-bond donors (Lipinski definition) is 2. The average Bonchev–Trinajstić information content (AvgIpc) is 3.47. The molecule has 0 aromatic heterocycles. The molecule has 7 heteroatoms. The van der Waals surface area contributed by atoms with Crippen LogP contribution in [0.1, 0.15) is 39.2 Å². The number of ether oxygens (including phenoxy) is 1. The first-order valence-corrected chi connectivity index (χ1v) is 9.96. The van der Waals surface area contributed by atoms with Crippen molar-refractivity contribution in [2.45, 2.75) is 40.2 Å². The lowest BCUT2D eigenvalue weighted by Gasteiger charge is -2.22. The lowest BCUT2D eigenvalue weighted by atomic mass is 10.2. The number of benzene rings is 1. The number of anilines is 1. The normalized spacial score (nSPS) is 13.8. The number of amides is 1. The van der Waals surface area contributed by atoms with Gasteiger partial charge in [0.2, 0.25) is 5.91 Å². The van der Waals surface area contributed by atoms with Crippen LogP contribution in [-0.4, -0.2) is 50.1 Å². The van der Waals surface area contributed by atoms with Crippen LogP contribution < -0.4 is 10.6 Å². The number of nitrogens with zero attached hydrogens (tertiary/aromatic N) is 2. The summed E-state index contributed by atoms with van der Waals surface area (Å²) in [5.41, 5.74) is 1.92. The molecule has 0 saturated heterocycles. The number of rotatable bonds is 10. The van der Waals surface area contributed by atoms with E-state index in [1.807, 2.05) is 45.2 Å². The van der Waals surface area contributed by atoms with Crippen LogP contribution in [0.5, 0.6) is 0 Å². The van der Waals surface area contributed by atoms with Gasteiger partial charge in [-0.2, -0.15) is 0 Å². The fraction of sp³-hybridized carbons (Fsp3) is 0.619. The van der Waals surface area contributed by atoms with Gasteiger partial charge in [-0.25, -0.2) is 4.99 Å². The smallest absolute Gasteiger partial charge is 0.226 e. The van der Waals surface area contributed by atoms with E-state index in [0.717, 1.165) is 49.4 Å². The quantitative estimate of drug-likeness (QED) is 0.222. The maximum absolute atomic E-state index is 11.8. The number of halogens is 1. The van der Waals surface area contributed by atoms with Crippen molar-refractivity contribution in [1.82, 2.24) is 10.2 Å². The van der Waals surface area contributed by atoms with Gasteiger partial charge in [0, 0.05) is 38.3 Å². The van der Waals surface area contributed by atoms with Crippen LogP contribution >= 0.6 is 24.0 Å². The van der Waals surface area contributed by atoms with Gasteiger partial charge in [0.1, 0.15) is 0 Å². The number of likely N-dealkylation sites (N-methyl/N-ethyl adjacent to an activating group) is 1. The topological polar surface area (TPSA) is 66.0 Å². The number of aliphatic imine (C=N–C) groups is 1.